The van der Waals surface area contributed by atoms with Crippen LogP contribution in [0.1, 0.15) is 25.6 Å². The fourth-order valence-corrected chi connectivity index (χ4v) is 3.76. The monoisotopic (exact) mass is 369 g/mol. The number of benzene rings is 2. The Balaban J connectivity index is 2.07. The maximum atomic E-state index is 13.9. The van der Waals surface area contributed by atoms with Gasteiger partial charge in [-0.2, -0.15) is 0 Å². The molecule has 0 saturated heterocycles. The predicted octanol–water partition coefficient (Wildman–Crippen LogP) is 4.90. The van der Waals surface area contributed by atoms with Gasteiger partial charge in [-0.3, -0.25) is 4.79 Å². The predicted molar refractivity (Wildman–Crippen MR) is 100 cm³/mol. The molecule has 0 aliphatic rings. The van der Waals surface area contributed by atoms with Crippen LogP contribution in [0.3, 0.4) is 0 Å². The van der Waals surface area contributed by atoms with Gasteiger partial charge in [0.1, 0.15) is 16.4 Å². The normalized spacial score (nSPS) is 10.4. The first kappa shape index (κ1) is 17.8. The van der Waals surface area contributed by atoms with Gasteiger partial charge in [0.25, 0.3) is 5.91 Å². The lowest BCUT2D eigenvalue weighted by Crippen LogP contribution is -2.15. The lowest BCUT2D eigenvalue weighted by Gasteiger charge is -2.08. The summed E-state index contributed by atoms with van der Waals surface area (Å²) in [6, 6.07) is 15.1. The Hall–Kier alpha value is -2.99. The summed E-state index contributed by atoms with van der Waals surface area (Å²) >= 11 is 1.25. The number of carbonyl (C=O) groups is 2. The maximum Gasteiger partial charge on any atom is 0.341 e. The van der Waals surface area contributed by atoms with E-state index in [1.165, 1.54) is 36.6 Å². The molecule has 6 heteroatoms. The lowest BCUT2D eigenvalue weighted by atomic mass is 10.0. The highest BCUT2D eigenvalue weighted by Gasteiger charge is 2.25. The molecule has 0 aliphatic heterocycles. The van der Waals surface area contributed by atoms with Crippen molar-refractivity contribution in [2.75, 3.05) is 12.4 Å². The molecule has 26 heavy (non-hydrogen) atoms. The van der Waals surface area contributed by atoms with Gasteiger partial charge in [-0.1, -0.05) is 42.5 Å². The van der Waals surface area contributed by atoms with Crippen LogP contribution in [0, 0.1) is 12.7 Å². The number of aryl methyl sites for hydroxylation is 1. The molecule has 3 rings (SSSR count). The molecule has 0 unspecified atom stereocenters. The molecule has 132 valence electrons. The van der Waals surface area contributed by atoms with Crippen molar-refractivity contribution in [3.05, 3.63) is 76.4 Å². The van der Waals surface area contributed by atoms with E-state index in [0.717, 1.165) is 10.4 Å². The molecule has 1 aromatic heterocycles. The van der Waals surface area contributed by atoms with Crippen LogP contribution >= 0.6 is 11.3 Å². The molecule has 1 heterocycles. The van der Waals surface area contributed by atoms with E-state index in [1.807, 2.05) is 37.3 Å². The zero-order chi connectivity index (χ0) is 18.7. The second-order valence-corrected chi connectivity index (χ2v) is 6.75. The Kier molecular flexibility index (Phi) is 5.14. The van der Waals surface area contributed by atoms with E-state index in [-0.39, 0.29) is 11.1 Å². The minimum atomic E-state index is -0.624. The number of thiophene rings is 1. The number of amides is 1. The molecule has 4 nitrogen and oxygen atoms in total. The van der Waals surface area contributed by atoms with Gasteiger partial charge in [-0.05, 0) is 24.6 Å². The van der Waals surface area contributed by atoms with Crippen molar-refractivity contribution in [1.82, 2.24) is 0 Å². The summed E-state index contributed by atoms with van der Waals surface area (Å²) in [6.45, 7) is 1.86. The number of anilines is 1. The summed E-state index contributed by atoms with van der Waals surface area (Å²) in [5, 5.41) is 2.99. The SMILES string of the molecule is COC(=O)c1c(NC(=O)c2ccccc2F)sc(C)c1-c1ccccc1. The van der Waals surface area contributed by atoms with Crippen molar-refractivity contribution < 1.29 is 18.7 Å². The maximum absolute atomic E-state index is 13.9. The van der Waals surface area contributed by atoms with Gasteiger partial charge < -0.3 is 10.1 Å². The van der Waals surface area contributed by atoms with Crippen molar-refractivity contribution in [3.8, 4) is 11.1 Å². The highest BCUT2D eigenvalue weighted by molar-refractivity contribution is 7.17. The number of methoxy groups -OCH3 is 1. The Morgan fingerprint density at radius 1 is 1.04 bits per heavy atom. The molecule has 0 spiro atoms. The highest BCUT2D eigenvalue weighted by Crippen LogP contribution is 2.40. The van der Waals surface area contributed by atoms with Crippen LogP contribution in [0.5, 0.6) is 0 Å². The average Bonchev–Trinajstić information content (AvgIpc) is 2.97. The second kappa shape index (κ2) is 7.49. The van der Waals surface area contributed by atoms with Crippen LogP contribution in [0.2, 0.25) is 0 Å². The van der Waals surface area contributed by atoms with E-state index in [2.05, 4.69) is 5.32 Å². The van der Waals surface area contributed by atoms with Gasteiger partial charge >= 0.3 is 5.97 Å². The first-order valence-corrected chi connectivity index (χ1v) is 8.67. The number of carbonyl (C=O) groups excluding carboxylic acids is 2. The molecule has 1 N–H and O–H groups in total. The van der Waals surface area contributed by atoms with E-state index >= 15 is 0 Å². The number of rotatable bonds is 4. The van der Waals surface area contributed by atoms with E-state index in [1.54, 1.807) is 6.07 Å². The van der Waals surface area contributed by atoms with Crippen molar-refractivity contribution in [2.24, 2.45) is 0 Å². The number of hydrogen-bond acceptors (Lipinski definition) is 4. The number of esters is 1. The van der Waals surface area contributed by atoms with E-state index in [0.29, 0.717) is 10.6 Å². The highest BCUT2D eigenvalue weighted by atomic mass is 32.1. The zero-order valence-corrected chi connectivity index (χ0v) is 15.0. The van der Waals surface area contributed by atoms with Crippen molar-refractivity contribution in [3.63, 3.8) is 0 Å². The van der Waals surface area contributed by atoms with Crippen LogP contribution in [0.25, 0.3) is 11.1 Å². The Morgan fingerprint density at radius 3 is 2.35 bits per heavy atom. The minimum Gasteiger partial charge on any atom is -0.465 e. The molecule has 0 fully saturated rings. The molecule has 1 amide bonds. The van der Waals surface area contributed by atoms with Crippen molar-refractivity contribution in [1.29, 1.82) is 0 Å². The molecule has 0 atom stereocenters. The van der Waals surface area contributed by atoms with Crippen LogP contribution in [0.4, 0.5) is 9.39 Å². The standard InChI is InChI=1S/C20H16FNO3S/c1-12-16(13-8-4-3-5-9-13)17(20(24)25-2)19(26-12)22-18(23)14-10-6-7-11-15(14)21/h3-11H,1-2H3,(H,22,23). The smallest absolute Gasteiger partial charge is 0.341 e. The largest absolute Gasteiger partial charge is 0.465 e. The number of nitrogens with one attached hydrogen (secondary N) is 1. The van der Waals surface area contributed by atoms with Crippen LogP contribution in [0.15, 0.2) is 54.6 Å². The average molecular weight is 369 g/mol. The third kappa shape index (κ3) is 3.36. The van der Waals surface area contributed by atoms with Gasteiger partial charge in [-0.25, -0.2) is 9.18 Å². The molecular weight excluding hydrogens is 353 g/mol. The topological polar surface area (TPSA) is 55.4 Å². The summed E-state index contributed by atoms with van der Waals surface area (Å²) < 4.78 is 18.8. The summed E-state index contributed by atoms with van der Waals surface area (Å²) in [6.07, 6.45) is 0. The van der Waals surface area contributed by atoms with Gasteiger partial charge in [0, 0.05) is 10.4 Å². The number of halogens is 1. The van der Waals surface area contributed by atoms with E-state index < -0.39 is 17.7 Å². The Bertz CT molecular complexity index is 966. The molecule has 2 aromatic carbocycles. The van der Waals surface area contributed by atoms with Gasteiger partial charge in [0.15, 0.2) is 0 Å². The Labute approximate surface area is 154 Å². The third-order valence-corrected chi connectivity index (χ3v) is 4.90. The number of hydrogen-bond donors (Lipinski definition) is 1. The summed E-state index contributed by atoms with van der Waals surface area (Å²) in [4.78, 5) is 25.7. The number of ether oxygens (including phenoxy) is 1. The van der Waals surface area contributed by atoms with Gasteiger partial charge in [0.05, 0.1) is 12.7 Å². The summed E-state index contributed by atoms with van der Waals surface area (Å²) in [5.74, 6) is -1.80. The fraction of sp³-hybridized carbons (Fsp3) is 0.100. The molecule has 3 aromatic rings. The quantitative estimate of drug-likeness (QED) is 0.666. The third-order valence-electron chi connectivity index (χ3n) is 3.88. The summed E-state index contributed by atoms with van der Waals surface area (Å²) in [5.41, 5.74) is 1.72. The fourth-order valence-electron chi connectivity index (χ4n) is 2.70. The van der Waals surface area contributed by atoms with Gasteiger partial charge in [-0.15, -0.1) is 11.3 Å². The van der Waals surface area contributed by atoms with Crippen molar-refractivity contribution in [2.45, 2.75) is 6.92 Å². The van der Waals surface area contributed by atoms with E-state index in [4.69, 9.17) is 4.74 Å². The molecule has 0 aliphatic carbocycles. The van der Waals surface area contributed by atoms with Crippen LogP contribution < -0.4 is 5.32 Å². The molecular formula is C20H16FNO3S. The van der Waals surface area contributed by atoms with Crippen molar-refractivity contribution >= 4 is 28.2 Å². The van der Waals surface area contributed by atoms with E-state index in [9.17, 15) is 14.0 Å². The van der Waals surface area contributed by atoms with Crippen LogP contribution in [-0.4, -0.2) is 19.0 Å². The molecule has 0 radical (unpaired) electrons. The van der Waals surface area contributed by atoms with Crippen LogP contribution in [-0.2, 0) is 4.74 Å². The molecule has 0 bridgehead atoms. The summed E-state index contributed by atoms with van der Waals surface area (Å²) in [7, 11) is 1.28. The molecule has 0 saturated carbocycles. The second-order valence-electron chi connectivity index (χ2n) is 5.53. The Morgan fingerprint density at radius 2 is 1.69 bits per heavy atom. The lowest BCUT2D eigenvalue weighted by molar-refractivity contribution is 0.0603. The van der Waals surface area contributed by atoms with Gasteiger partial charge in [0.2, 0.25) is 0 Å². The first-order valence-electron chi connectivity index (χ1n) is 7.86. The zero-order valence-electron chi connectivity index (χ0n) is 14.2. The minimum absolute atomic E-state index is 0.0874. The first-order chi connectivity index (χ1) is 12.5.